The molecule has 0 aromatic carbocycles. The van der Waals surface area contributed by atoms with Crippen LogP contribution in [0.25, 0.3) is 0 Å². The maximum atomic E-state index is 12.2. The molecule has 4 atom stereocenters. The van der Waals surface area contributed by atoms with Crippen molar-refractivity contribution in [2.45, 2.75) is 45.6 Å². The highest BCUT2D eigenvalue weighted by molar-refractivity contribution is 5.81. The minimum absolute atomic E-state index is 0.0206. The molecule has 20 heavy (non-hydrogen) atoms. The van der Waals surface area contributed by atoms with E-state index in [0.717, 1.165) is 25.9 Å². The van der Waals surface area contributed by atoms with E-state index in [9.17, 15) is 9.59 Å². The zero-order valence-corrected chi connectivity index (χ0v) is 12.6. The predicted molar refractivity (Wildman–Crippen MR) is 77.9 cm³/mol. The van der Waals surface area contributed by atoms with Crippen molar-refractivity contribution in [2.24, 2.45) is 23.5 Å². The summed E-state index contributed by atoms with van der Waals surface area (Å²) in [4.78, 5) is 25.9. The second kappa shape index (κ2) is 6.57. The number of hydrogen-bond donors (Lipinski definition) is 2. The van der Waals surface area contributed by atoms with Crippen molar-refractivity contribution >= 4 is 11.8 Å². The van der Waals surface area contributed by atoms with Gasteiger partial charge in [-0.15, -0.1) is 0 Å². The third-order valence-corrected chi connectivity index (χ3v) is 5.04. The van der Waals surface area contributed by atoms with Gasteiger partial charge in [-0.2, -0.15) is 0 Å². The van der Waals surface area contributed by atoms with Crippen molar-refractivity contribution in [3.8, 4) is 0 Å². The molecule has 2 aliphatic rings. The Morgan fingerprint density at radius 1 is 1.20 bits per heavy atom. The normalized spacial score (nSPS) is 31.4. The number of rotatable bonds is 6. The molecule has 0 aromatic heterocycles. The minimum Gasteiger partial charge on any atom is -0.355 e. The first-order chi connectivity index (χ1) is 9.58. The van der Waals surface area contributed by atoms with E-state index in [1.165, 1.54) is 6.42 Å². The van der Waals surface area contributed by atoms with Gasteiger partial charge in [-0.3, -0.25) is 9.59 Å². The van der Waals surface area contributed by atoms with E-state index < -0.39 is 0 Å². The number of nitrogens with zero attached hydrogens (tertiary/aromatic N) is 1. The zero-order chi connectivity index (χ0) is 14.7. The monoisotopic (exact) mass is 281 g/mol. The van der Waals surface area contributed by atoms with Gasteiger partial charge >= 0.3 is 0 Å². The van der Waals surface area contributed by atoms with Crippen LogP contribution < -0.4 is 11.1 Å². The van der Waals surface area contributed by atoms with E-state index in [1.54, 1.807) is 4.90 Å². The summed E-state index contributed by atoms with van der Waals surface area (Å²) in [6, 6.07) is 0.0206. The van der Waals surface area contributed by atoms with Gasteiger partial charge in [0.25, 0.3) is 0 Å². The zero-order valence-electron chi connectivity index (χ0n) is 12.6. The summed E-state index contributed by atoms with van der Waals surface area (Å²) in [5, 5.41) is 2.91. The molecule has 114 valence electrons. The lowest BCUT2D eigenvalue weighted by molar-refractivity contribution is -0.131. The number of fused-ring (bicyclic) bond motifs is 2. The van der Waals surface area contributed by atoms with E-state index in [2.05, 4.69) is 5.32 Å². The van der Waals surface area contributed by atoms with Gasteiger partial charge in [-0.05, 0) is 44.9 Å². The summed E-state index contributed by atoms with van der Waals surface area (Å²) in [7, 11) is 0. The molecule has 5 heteroatoms. The molecule has 2 saturated carbocycles. The second-order valence-electron chi connectivity index (χ2n) is 6.04. The molecule has 2 amide bonds. The van der Waals surface area contributed by atoms with Crippen LogP contribution in [-0.4, -0.2) is 42.4 Å². The van der Waals surface area contributed by atoms with Gasteiger partial charge in [0.15, 0.2) is 0 Å². The number of hydrogen-bond acceptors (Lipinski definition) is 3. The van der Waals surface area contributed by atoms with Crippen LogP contribution in [0.5, 0.6) is 0 Å². The van der Waals surface area contributed by atoms with Crippen LogP contribution in [0.4, 0.5) is 0 Å². The topological polar surface area (TPSA) is 75.4 Å². The molecule has 0 radical (unpaired) electrons. The highest BCUT2D eigenvalue weighted by atomic mass is 16.2. The Balaban J connectivity index is 1.74. The first kappa shape index (κ1) is 15.3. The Labute approximate surface area is 121 Å². The first-order valence-electron chi connectivity index (χ1n) is 7.89. The smallest absolute Gasteiger partial charge is 0.224 e. The highest BCUT2D eigenvalue weighted by Gasteiger charge is 2.48. The van der Waals surface area contributed by atoms with Crippen molar-refractivity contribution in [1.82, 2.24) is 10.2 Å². The van der Waals surface area contributed by atoms with Crippen LogP contribution in [0.15, 0.2) is 0 Å². The molecule has 4 unspecified atom stereocenters. The van der Waals surface area contributed by atoms with Crippen LogP contribution in [0, 0.1) is 17.8 Å². The minimum atomic E-state index is -0.0303. The summed E-state index contributed by atoms with van der Waals surface area (Å²) >= 11 is 0. The Morgan fingerprint density at radius 3 is 2.40 bits per heavy atom. The molecule has 2 fully saturated rings. The summed E-state index contributed by atoms with van der Waals surface area (Å²) in [6.07, 6.45) is 3.80. The Kier molecular flexibility index (Phi) is 5.02. The number of amides is 2. The van der Waals surface area contributed by atoms with Gasteiger partial charge in [-0.1, -0.05) is 0 Å². The molecule has 0 spiro atoms. The molecule has 0 saturated heterocycles. The van der Waals surface area contributed by atoms with Crippen molar-refractivity contribution in [3.05, 3.63) is 0 Å². The summed E-state index contributed by atoms with van der Waals surface area (Å²) < 4.78 is 0. The van der Waals surface area contributed by atoms with Crippen LogP contribution in [-0.2, 0) is 9.59 Å². The van der Waals surface area contributed by atoms with Crippen LogP contribution in [0.1, 0.15) is 39.5 Å². The summed E-state index contributed by atoms with van der Waals surface area (Å²) in [5.41, 5.74) is 6.15. The summed E-state index contributed by atoms with van der Waals surface area (Å²) in [6.45, 7) is 5.80. The second-order valence-corrected chi connectivity index (χ2v) is 6.04. The largest absolute Gasteiger partial charge is 0.355 e. The predicted octanol–water partition coefficient (Wildman–Crippen LogP) is 0.735. The SMILES string of the molecule is CCN(CC)C(=O)CCNC(=O)C1C2CCC(C2)C1N. The molecule has 0 aliphatic heterocycles. The number of nitrogens with two attached hydrogens (primary N) is 1. The Bertz CT molecular complexity index is 366. The first-order valence-corrected chi connectivity index (χ1v) is 7.89. The molecular weight excluding hydrogens is 254 g/mol. The lowest BCUT2D eigenvalue weighted by Crippen LogP contribution is -2.46. The number of carbonyl (C=O) groups is 2. The third kappa shape index (κ3) is 2.97. The molecule has 0 heterocycles. The van der Waals surface area contributed by atoms with Crippen molar-refractivity contribution in [1.29, 1.82) is 0 Å². The van der Waals surface area contributed by atoms with Gasteiger partial charge in [0.05, 0.1) is 5.92 Å². The quantitative estimate of drug-likeness (QED) is 0.754. The average molecular weight is 281 g/mol. The van der Waals surface area contributed by atoms with Gasteiger partial charge in [-0.25, -0.2) is 0 Å². The van der Waals surface area contributed by atoms with Crippen molar-refractivity contribution in [3.63, 3.8) is 0 Å². The molecule has 5 nitrogen and oxygen atoms in total. The molecule has 2 bridgehead atoms. The fourth-order valence-corrected chi connectivity index (χ4v) is 3.87. The number of carbonyl (C=O) groups excluding carboxylic acids is 2. The van der Waals surface area contributed by atoms with Crippen LogP contribution in [0.3, 0.4) is 0 Å². The summed E-state index contributed by atoms with van der Waals surface area (Å²) in [5.74, 6) is 1.13. The average Bonchev–Trinajstić information content (AvgIpc) is 3.00. The Hall–Kier alpha value is -1.10. The van der Waals surface area contributed by atoms with Crippen LogP contribution >= 0.6 is 0 Å². The van der Waals surface area contributed by atoms with Gasteiger partial charge in [0.2, 0.25) is 11.8 Å². The molecular formula is C15H27N3O2. The Morgan fingerprint density at radius 2 is 1.85 bits per heavy atom. The van der Waals surface area contributed by atoms with E-state index in [0.29, 0.717) is 24.8 Å². The molecule has 3 N–H and O–H groups in total. The van der Waals surface area contributed by atoms with Crippen molar-refractivity contribution < 1.29 is 9.59 Å². The van der Waals surface area contributed by atoms with Gasteiger partial charge in [0, 0.05) is 32.1 Å². The third-order valence-electron chi connectivity index (χ3n) is 5.04. The maximum Gasteiger partial charge on any atom is 0.224 e. The molecule has 0 aromatic rings. The van der Waals surface area contributed by atoms with E-state index in [1.807, 2.05) is 13.8 Å². The van der Waals surface area contributed by atoms with Gasteiger partial charge in [0.1, 0.15) is 0 Å². The lowest BCUT2D eigenvalue weighted by atomic mass is 9.84. The fraction of sp³-hybridized carbons (Fsp3) is 0.867. The maximum absolute atomic E-state index is 12.2. The van der Waals surface area contributed by atoms with Gasteiger partial charge < -0.3 is 16.0 Å². The molecule has 2 aliphatic carbocycles. The number of nitrogens with one attached hydrogen (secondary N) is 1. The van der Waals surface area contributed by atoms with E-state index in [4.69, 9.17) is 5.73 Å². The van der Waals surface area contributed by atoms with E-state index >= 15 is 0 Å². The van der Waals surface area contributed by atoms with Crippen molar-refractivity contribution in [2.75, 3.05) is 19.6 Å². The lowest BCUT2D eigenvalue weighted by Gasteiger charge is -2.27. The fourth-order valence-electron chi connectivity index (χ4n) is 3.87. The van der Waals surface area contributed by atoms with E-state index in [-0.39, 0.29) is 23.8 Å². The standard InChI is InChI=1S/C15H27N3O2/c1-3-18(4-2)12(19)7-8-17-15(20)13-10-5-6-11(9-10)14(13)16/h10-11,13-14H,3-9,16H2,1-2H3,(H,17,20). The van der Waals surface area contributed by atoms with Crippen LogP contribution in [0.2, 0.25) is 0 Å². The highest BCUT2D eigenvalue weighted by Crippen LogP contribution is 2.47. The molecule has 2 rings (SSSR count).